The Balaban J connectivity index is 2.01. The van der Waals surface area contributed by atoms with Crippen LogP contribution in [0.5, 0.6) is 5.75 Å². The predicted molar refractivity (Wildman–Crippen MR) is 55.7 cm³/mol. The molecule has 3 nitrogen and oxygen atoms in total. The smallest absolute Gasteiger partial charge is 0.313 e. The third-order valence-electron chi connectivity index (χ3n) is 2.79. The molecule has 0 N–H and O–H groups in total. The van der Waals surface area contributed by atoms with Gasteiger partial charge in [0.25, 0.3) is 0 Å². The molecule has 2 rings (SSSR count). The fraction of sp³-hybridized carbons (Fsp3) is 0.417. The lowest BCUT2D eigenvalue weighted by molar-refractivity contribution is -0.181. The van der Waals surface area contributed by atoms with Crippen LogP contribution in [0.3, 0.4) is 0 Å². The first-order valence-electron chi connectivity index (χ1n) is 5.04. The molecule has 1 heterocycles. The first-order valence-corrected chi connectivity index (χ1v) is 5.04. The fourth-order valence-electron chi connectivity index (χ4n) is 1.74. The SMILES string of the molecule is COc1ccc(C[C@H]2C(=O)O[C@@H]2C)cc1. The van der Waals surface area contributed by atoms with Crippen LogP contribution >= 0.6 is 0 Å². The first kappa shape index (κ1) is 10.0. The van der Waals surface area contributed by atoms with Gasteiger partial charge < -0.3 is 9.47 Å². The van der Waals surface area contributed by atoms with Crippen LogP contribution in [0, 0.1) is 5.92 Å². The second-order valence-corrected chi connectivity index (χ2v) is 3.80. The first-order chi connectivity index (χ1) is 7.20. The monoisotopic (exact) mass is 206 g/mol. The van der Waals surface area contributed by atoms with Crippen LogP contribution in [0.1, 0.15) is 12.5 Å². The minimum Gasteiger partial charge on any atom is -0.497 e. The normalized spacial score (nSPS) is 24.3. The van der Waals surface area contributed by atoms with E-state index in [2.05, 4.69) is 0 Å². The minimum atomic E-state index is -0.0849. The van der Waals surface area contributed by atoms with E-state index in [4.69, 9.17) is 9.47 Å². The molecule has 1 saturated heterocycles. The molecule has 1 aliphatic rings. The zero-order chi connectivity index (χ0) is 10.8. The van der Waals surface area contributed by atoms with Crippen LogP contribution in [0.2, 0.25) is 0 Å². The Morgan fingerprint density at radius 3 is 2.47 bits per heavy atom. The van der Waals surface area contributed by atoms with E-state index < -0.39 is 0 Å². The lowest BCUT2D eigenvalue weighted by Crippen LogP contribution is -2.44. The Morgan fingerprint density at radius 1 is 1.33 bits per heavy atom. The maximum atomic E-state index is 11.1. The van der Waals surface area contributed by atoms with E-state index in [1.807, 2.05) is 31.2 Å². The summed E-state index contributed by atoms with van der Waals surface area (Å²) in [6.07, 6.45) is 0.809. The van der Waals surface area contributed by atoms with Crippen molar-refractivity contribution in [2.45, 2.75) is 19.4 Å². The largest absolute Gasteiger partial charge is 0.497 e. The molecule has 0 radical (unpaired) electrons. The summed E-state index contributed by atoms with van der Waals surface area (Å²) in [5.74, 6) is 0.777. The molecule has 0 aliphatic carbocycles. The van der Waals surface area contributed by atoms with Crippen LogP contribution in [0.25, 0.3) is 0 Å². The number of carbonyl (C=O) groups excluding carboxylic acids is 1. The zero-order valence-corrected chi connectivity index (χ0v) is 8.90. The molecule has 0 saturated carbocycles. The Labute approximate surface area is 89.0 Å². The van der Waals surface area contributed by atoms with Crippen molar-refractivity contribution in [3.63, 3.8) is 0 Å². The Morgan fingerprint density at radius 2 is 2.00 bits per heavy atom. The summed E-state index contributed by atoms with van der Waals surface area (Å²) >= 11 is 0. The van der Waals surface area contributed by atoms with Crippen molar-refractivity contribution < 1.29 is 14.3 Å². The number of benzene rings is 1. The van der Waals surface area contributed by atoms with E-state index in [0.717, 1.165) is 17.7 Å². The number of rotatable bonds is 3. The molecule has 3 heteroatoms. The number of ether oxygens (including phenoxy) is 2. The maximum Gasteiger partial charge on any atom is 0.313 e. The predicted octanol–water partition coefficient (Wildman–Crippen LogP) is 1.80. The molecular weight excluding hydrogens is 192 g/mol. The van der Waals surface area contributed by atoms with Gasteiger partial charge in [-0.3, -0.25) is 4.79 Å². The highest BCUT2D eigenvalue weighted by Crippen LogP contribution is 2.26. The van der Waals surface area contributed by atoms with Gasteiger partial charge in [0.05, 0.1) is 13.0 Å². The number of hydrogen-bond acceptors (Lipinski definition) is 3. The van der Waals surface area contributed by atoms with Crippen LogP contribution in [-0.4, -0.2) is 19.2 Å². The molecule has 80 valence electrons. The summed E-state index contributed by atoms with van der Waals surface area (Å²) in [6.45, 7) is 1.93. The highest BCUT2D eigenvalue weighted by molar-refractivity contribution is 5.78. The van der Waals surface area contributed by atoms with Crippen molar-refractivity contribution in [2.75, 3.05) is 7.11 Å². The Bertz CT molecular complexity index is 356. The number of methoxy groups -OCH3 is 1. The highest BCUT2D eigenvalue weighted by atomic mass is 16.6. The molecule has 0 aromatic heterocycles. The van der Waals surface area contributed by atoms with Gasteiger partial charge in [0.15, 0.2) is 0 Å². The van der Waals surface area contributed by atoms with E-state index >= 15 is 0 Å². The molecule has 0 bridgehead atoms. The third-order valence-corrected chi connectivity index (χ3v) is 2.79. The average Bonchev–Trinajstić information content (AvgIpc) is 2.27. The molecule has 2 atom stereocenters. The van der Waals surface area contributed by atoms with E-state index in [-0.39, 0.29) is 18.0 Å². The van der Waals surface area contributed by atoms with E-state index in [1.54, 1.807) is 7.11 Å². The topological polar surface area (TPSA) is 35.5 Å². The lowest BCUT2D eigenvalue weighted by Gasteiger charge is -2.32. The standard InChI is InChI=1S/C12H14O3/c1-8-11(12(13)15-8)7-9-3-5-10(14-2)6-4-9/h3-6,8,11H,7H2,1-2H3/t8-,11-/m1/s1. The van der Waals surface area contributed by atoms with Crippen LogP contribution in [-0.2, 0) is 16.0 Å². The molecule has 0 amide bonds. The van der Waals surface area contributed by atoms with Crippen LogP contribution < -0.4 is 4.74 Å². The summed E-state index contributed by atoms with van der Waals surface area (Å²) in [4.78, 5) is 11.1. The van der Waals surface area contributed by atoms with Gasteiger partial charge in [0.2, 0.25) is 0 Å². The van der Waals surface area contributed by atoms with Gasteiger partial charge in [0, 0.05) is 0 Å². The number of carbonyl (C=O) groups is 1. The van der Waals surface area contributed by atoms with E-state index in [1.165, 1.54) is 0 Å². The molecule has 1 aromatic rings. The summed E-state index contributed by atoms with van der Waals surface area (Å²) in [7, 11) is 1.64. The van der Waals surface area contributed by atoms with Gasteiger partial charge in [-0.1, -0.05) is 12.1 Å². The van der Waals surface area contributed by atoms with Gasteiger partial charge in [0.1, 0.15) is 11.9 Å². The van der Waals surface area contributed by atoms with Crippen molar-refractivity contribution in [3.8, 4) is 5.75 Å². The summed E-state index contributed by atoms with van der Waals surface area (Å²) in [5.41, 5.74) is 1.14. The number of esters is 1. The van der Waals surface area contributed by atoms with E-state index in [9.17, 15) is 4.79 Å². The summed E-state index contributed by atoms with van der Waals surface area (Å²) < 4.78 is 9.97. The molecule has 0 unspecified atom stereocenters. The highest BCUT2D eigenvalue weighted by Gasteiger charge is 2.38. The quantitative estimate of drug-likeness (QED) is 0.707. The minimum absolute atomic E-state index is 0.0263. The number of hydrogen-bond donors (Lipinski definition) is 0. The second kappa shape index (κ2) is 3.93. The molecule has 1 aromatic carbocycles. The van der Waals surface area contributed by atoms with Gasteiger partial charge in [-0.15, -0.1) is 0 Å². The third kappa shape index (κ3) is 1.96. The van der Waals surface area contributed by atoms with Gasteiger partial charge in [-0.05, 0) is 31.0 Å². The zero-order valence-electron chi connectivity index (χ0n) is 8.90. The van der Waals surface area contributed by atoms with Crippen LogP contribution in [0.4, 0.5) is 0 Å². The Kier molecular flexibility index (Phi) is 2.62. The summed E-state index contributed by atoms with van der Waals surface area (Å²) in [5, 5.41) is 0. The van der Waals surface area contributed by atoms with Crippen molar-refractivity contribution in [2.24, 2.45) is 5.92 Å². The fourth-order valence-corrected chi connectivity index (χ4v) is 1.74. The van der Waals surface area contributed by atoms with Gasteiger partial charge in [-0.25, -0.2) is 0 Å². The molecule has 15 heavy (non-hydrogen) atoms. The lowest BCUT2D eigenvalue weighted by atomic mass is 9.91. The van der Waals surface area contributed by atoms with Gasteiger partial charge in [-0.2, -0.15) is 0 Å². The second-order valence-electron chi connectivity index (χ2n) is 3.80. The Hall–Kier alpha value is -1.51. The maximum absolute atomic E-state index is 11.1. The van der Waals surface area contributed by atoms with Gasteiger partial charge >= 0.3 is 5.97 Å². The molecule has 1 fully saturated rings. The molecule has 0 spiro atoms. The number of cyclic esters (lactones) is 1. The van der Waals surface area contributed by atoms with Crippen LogP contribution in [0.15, 0.2) is 24.3 Å². The average molecular weight is 206 g/mol. The molecular formula is C12H14O3. The van der Waals surface area contributed by atoms with E-state index in [0.29, 0.717) is 0 Å². The van der Waals surface area contributed by atoms with Crippen molar-refractivity contribution in [1.29, 1.82) is 0 Å². The molecule has 1 aliphatic heterocycles. The summed E-state index contributed by atoms with van der Waals surface area (Å²) in [6, 6.07) is 7.78. The van der Waals surface area contributed by atoms with Crippen molar-refractivity contribution in [3.05, 3.63) is 29.8 Å². The van der Waals surface area contributed by atoms with Crippen molar-refractivity contribution in [1.82, 2.24) is 0 Å². The van der Waals surface area contributed by atoms with Crippen molar-refractivity contribution >= 4 is 5.97 Å².